The summed E-state index contributed by atoms with van der Waals surface area (Å²) in [6.45, 7) is 47.5. The molecule has 0 nitrogen and oxygen atoms in total. The first kappa shape index (κ1) is 37.0. The van der Waals surface area contributed by atoms with Crippen molar-refractivity contribution >= 4 is 27.0 Å². The van der Waals surface area contributed by atoms with E-state index < -0.39 is 0 Å². The molecule has 3 rings (SSSR count). The normalized spacial score (nSPS) is 15.1. The Morgan fingerprint density at radius 3 is 0.705 bits per heavy atom. The molecule has 0 bridgehead atoms. The highest BCUT2D eigenvalue weighted by Crippen LogP contribution is 2.40. The van der Waals surface area contributed by atoms with Crippen LogP contribution in [0.5, 0.6) is 0 Å². The summed E-state index contributed by atoms with van der Waals surface area (Å²) in [7, 11) is 2.70. The Labute approximate surface area is 275 Å². The van der Waals surface area contributed by atoms with Gasteiger partial charge in [0.25, 0.3) is 0 Å². The van der Waals surface area contributed by atoms with Crippen LogP contribution >= 0.6 is 16.4 Å². The van der Waals surface area contributed by atoms with Crippen LogP contribution < -0.4 is 10.6 Å². The van der Waals surface area contributed by atoms with Crippen LogP contribution in [0.4, 0.5) is 0 Å². The Bertz CT molecular complexity index is 1440. The van der Waals surface area contributed by atoms with E-state index in [1.54, 1.807) is 0 Å². The minimum atomic E-state index is 0.0556. The van der Waals surface area contributed by atoms with Gasteiger partial charge in [-0.05, 0) is 90.8 Å². The first-order chi connectivity index (χ1) is 19.5. The van der Waals surface area contributed by atoms with E-state index in [-0.39, 0.29) is 32.5 Å². The third kappa shape index (κ3) is 7.72. The lowest BCUT2D eigenvalue weighted by molar-refractivity contribution is 0.553. The second kappa shape index (κ2) is 11.6. The van der Waals surface area contributed by atoms with Gasteiger partial charge >= 0.3 is 0 Å². The molecule has 0 radical (unpaired) electrons. The van der Waals surface area contributed by atoms with E-state index in [0.29, 0.717) is 0 Å². The van der Waals surface area contributed by atoms with Crippen molar-refractivity contribution in [2.24, 2.45) is 0 Å². The summed E-state index contributed by atoms with van der Waals surface area (Å²) in [5.74, 6) is 0. The first-order valence-electron chi connectivity index (χ1n) is 16.7. The van der Waals surface area contributed by atoms with Crippen LogP contribution in [-0.2, 0) is 32.5 Å². The van der Waals surface area contributed by atoms with E-state index in [2.05, 4.69) is 163 Å². The van der Waals surface area contributed by atoms with E-state index >= 15 is 0 Å². The fourth-order valence-electron chi connectivity index (χ4n) is 5.81. The van der Waals surface area contributed by atoms with Crippen molar-refractivity contribution < 1.29 is 0 Å². The lowest BCUT2D eigenvalue weighted by Gasteiger charge is -2.33. The molecule has 0 amide bonds. The van der Waals surface area contributed by atoms with Crippen molar-refractivity contribution in [3.05, 3.63) is 78.7 Å². The van der Waals surface area contributed by atoms with Gasteiger partial charge in [-0.15, -0.1) is 0 Å². The first-order valence-corrected chi connectivity index (χ1v) is 18.5. The second-order valence-electron chi connectivity index (χ2n) is 19.5. The van der Waals surface area contributed by atoms with Crippen LogP contribution in [0.2, 0.25) is 0 Å². The molecule has 44 heavy (non-hydrogen) atoms. The molecule has 0 aromatic heterocycles. The SMILES string of the molecule is Cc1c(C)c(=Pc2c(C(C)(C)C)cc(C(C)(C)C)cc2C(C)(C)C)c1=Pc1c(C(C)(C)C)cc(C(C)(C)C)cc1C(C)(C)C. The van der Waals surface area contributed by atoms with Gasteiger partial charge < -0.3 is 0 Å². The minimum Gasteiger partial charge on any atom is -0.0585 e. The summed E-state index contributed by atoms with van der Waals surface area (Å²) in [5, 5.41) is 3.03. The highest BCUT2D eigenvalue weighted by Gasteiger charge is 2.31. The fourth-order valence-corrected chi connectivity index (χ4v) is 9.85. The number of hydrogen-bond donors (Lipinski definition) is 0. The molecule has 3 aromatic rings. The second-order valence-corrected chi connectivity index (χ2v) is 21.7. The van der Waals surface area contributed by atoms with Gasteiger partial charge in [0.2, 0.25) is 0 Å². The van der Waals surface area contributed by atoms with Crippen molar-refractivity contribution in [3.63, 3.8) is 0 Å². The quantitative estimate of drug-likeness (QED) is 0.247. The Kier molecular flexibility index (Phi) is 9.79. The minimum absolute atomic E-state index is 0.0556. The Hall–Kier alpha value is -1.48. The van der Waals surface area contributed by atoms with Crippen LogP contribution in [0, 0.1) is 23.7 Å². The van der Waals surface area contributed by atoms with Crippen LogP contribution in [-0.4, -0.2) is 0 Å². The predicted octanol–water partition coefficient (Wildman–Crippen LogP) is 12.6. The summed E-state index contributed by atoms with van der Waals surface area (Å²) in [5.41, 5.74) is 12.3. The van der Waals surface area contributed by atoms with Crippen LogP contribution in [0.15, 0.2) is 24.3 Å². The largest absolute Gasteiger partial charge is 0.0585 e. The van der Waals surface area contributed by atoms with Gasteiger partial charge in [-0.3, -0.25) is 0 Å². The zero-order valence-electron chi connectivity index (χ0n) is 32.2. The molecule has 0 unspecified atom stereocenters. The van der Waals surface area contributed by atoms with E-state index in [0.717, 1.165) is 0 Å². The molecule has 0 heterocycles. The predicted molar refractivity (Wildman–Crippen MR) is 203 cm³/mol. The maximum Gasteiger partial charge on any atom is 0.0177 e. The molecular weight excluding hydrogens is 566 g/mol. The van der Waals surface area contributed by atoms with Gasteiger partial charge in [0, 0.05) is 20.5 Å². The number of benzene rings is 2. The summed E-state index contributed by atoms with van der Waals surface area (Å²) in [6.07, 6.45) is 0. The summed E-state index contributed by atoms with van der Waals surface area (Å²) in [6, 6.07) is 10.1. The van der Waals surface area contributed by atoms with E-state index in [1.807, 2.05) is 0 Å². The molecule has 0 saturated heterocycles. The molecule has 0 N–H and O–H groups in total. The van der Waals surface area contributed by atoms with Crippen molar-refractivity contribution in [2.45, 2.75) is 171 Å². The molecule has 0 atom stereocenters. The molecule has 0 aliphatic heterocycles. The molecule has 2 heteroatoms. The van der Waals surface area contributed by atoms with E-state index in [1.165, 1.54) is 81.4 Å². The fraction of sp³-hybridized carbons (Fsp3) is 0.619. The van der Waals surface area contributed by atoms with Gasteiger partial charge in [-0.25, -0.2) is 0 Å². The van der Waals surface area contributed by atoms with E-state index in [9.17, 15) is 0 Å². The van der Waals surface area contributed by atoms with Crippen molar-refractivity contribution in [2.75, 3.05) is 0 Å². The lowest BCUT2D eigenvalue weighted by atomic mass is 9.75. The maximum absolute atomic E-state index is 2.53. The summed E-state index contributed by atoms with van der Waals surface area (Å²) >= 11 is 0. The van der Waals surface area contributed by atoms with Crippen LogP contribution in [0.1, 0.15) is 169 Å². The monoisotopic (exact) mass is 630 g/mol. The summed E-state index contributed by atoms with van der Waals surface area (Å²) in [4.78, 5) is 3.06. The molecule has 3 aromatic carbocycles. The molecule has 0 fully saturated rings. The van der Waals surface area contributed by atoms with Crippen molar-refractivity contribution in [3.8, 4) is 0 Å². The molecule has 0 spiro atoms. The van der Waals surface area contributed by atoms with Crippen molar-refractivity contribution in [1.82, 2.24) is 0 Å². The molecular formula is C42H64P2. The Balaban J connectivity index is 2.58. The van der Waals surface area contributed by atoms with Gasteiger partial charge in [0.1, 0.15) is 0 Å². The smallest absolute Gasteiger partial charge is 0.0177 e. The number of hydrogen-bond acceptors (Lipinski definition) is 0. The van der Waals surface area contributed by atoms with Crippen LogP contribution in [0.3, 0.4) is 0 Å². The van der Waals surface area contributed by atoms with Gasteiger partial charge in [0.05, 0.1) is 0 Å². The Morgan fingerprint density at radius 1 is 0.341 bits per heavy atom. The highest BCUT2D eigenvalue weighted by molar-refractivity contribution is 7.42. The zero-order chi connectivity index (χ0) is 34.2. The Morgan fingerprint density at radius 2 is 0.545 bits per heavy atom. The van der Waals surface area contributed by atoms with Crippen molar-refractivity contribution in [1.29, 1.82) is 0 Å². The van der Waals surface area contributed by atoms with Crippen LogP contribution in [0.25, 0.3) is 0 Å². The van der Waals surface area contributed by atoms with Gasteiger partial charge in [-0.1, -0.05) is 165 Å². The standard InChI is InChI=1S/C42H64P2/c1-25-26(2)34(44-36-31(41(15,16)17)23-28(38(6,7)8)24-32(36)42(18,19)20)33(25)43-35-29(39(9,10)11)21-27(37(3,4)5)22-30(35)40(12,13)14/h21-24H,1-20H3. The average Bonchev–Trinajstić information content (AvgIpc) is 2.81. The van der Waals surface area contributed by atoms with Gasteiger partial charge in [-0.2, -0.15) is 0 Å². The number of rotatable bonds is 2. The van der Waals surface area contributed by atoms with E-state index in [4.69, 9.17) is 0 Å². The third-order valence-corrected chi connectivity index (χ3v) is 12.3. The molecule has 0 saturated carbocycles. The molecule has 242 valence electrons. The lowest BCUT2D eigenvalue weighted by Crippen LogP contribution is -2.30. The molecule has 0 aliphatic carbocycles. The average molecular weight is 631 g/mol. The topological polar surface area (TPSA) is 0 Å². The third-order valence-electron chi connectivity index (χ3n) is 9.13. The van der Waals surface area contributed by atoms with Gasteiger partial charge in [0.15, 0.2) is 0 Å². The maximum atomic E-state index is 2.53. The molecule has 0 aliphatic rings. The zero-order valence-corrected chi connectivity index (χ0v) is 34.0. The summed E-state index contributed by atoms with van der Waals surface area (Å²) < 4.78 is 0. The highest BCUT2D eigenvalue weighted by atomic mass is 31.1.